The number of carbonyl (C=O) groups is 1. The van der Waals surface area contributed by atoms with Gasteiger partial charge in [0.1, 0.15) is 0 Å². The molecule has 1 N–H and O–H groups in total. The number of fused-ring (bicyclic) bond motifs is 5. The number of hydrogen-bond donors (Lipinski definition) is 1. The molecule has 4 aliphatic rings. The molecule has 166 valence electrons. The Morgan fingerprint density at radius 3 is 2.53 bits per heavy atom. The summed E-state index contributed by atoms with van der Waals surface area (Å²) < 4.78 is 0. The number of unbranched alkanes of at least 4 members (excludes halogenated alkanes) is 4. The maximum absolute atomic E-state index is 12.2. The Labute approximate surface area is 211 Å². The number of allylic oxidation sites excluding steroid dienone is 1. The summed E-state index contributed by atoms with van der Waals surface area (Å²) in [4.78, 5) is 12.2. The Balaban J connectivity index is 0.00000160. The maximum Gasteiger partial charge on any atom is 2.00 e. The molecule has 0 bridgehead atoms. The zero-order valence-corrected chi connectivity index (χ0v) is 22.3. The molecule has 2 nitrogen and oxygen atoms in total. The second-order valence-corrected chi connectivity index (χ2v) is 11.0. The summed E-state index contributed by atoms with van der Waals surface area (Å²) in [7, 11) is 0. The summed E-state index contributed by atoms with van der Waals surface area (Å²) in [5.41, 5.74) is 1.85. The maximum atomic E-state index is 12.2. The topological polar surface area (TPSA) is 37.3 Å². The molecule has 0 heterocycles. The monoisotopic (exact) mass is 488 g/mol. The van der Waals surface area contributed by atoms with Crippen LogP contribution in [0.5, 0.6) is 0 Å². The second-order valence-electron chi connectivity index (χ2n) is 11.0. The first-order valence-electron chi connectivity index (χ1n) is 12.1. The number of carbonyl (C=O) groups excluding carboxylic acids is 1. The molecule has 0 aliphatic heterocycles. The van der Waals surface area contributed by atoms with Gasteiger partial charge in [-0.2, -0.15) is 6.42 Å². The van der Waals surface area contributed by atoms with Crippen molar-refractivity contribution in [2.45, 2.75) is 103 Å². The van der Waals surface area contributed by atoms with E-state index in [4.69, 9.17) is 0 Å². The molecular formula is C26H41BrMgO2. The molecule has 30 heavy (non-hydrogen) atoms. The predicted molar refractivity (Wildman–Crippen MR) is 120 cm³/mol. The Morgan fingerprint density at radius 2 is 1.80 bits per heavy atom. The van der Waals surface area contributed by atoms with Crippen LogP contribution < -0.4 is 17.0 Å². The van der Waals surface area contributed by atoms with Crippen molar-refractivity contribution in [3.63, 3.8) is 0 Å². The summed E-state index contributed by atoms with van der Waals surface area (Å²) in [5, 5.41) is 10.8. The van der Waals surface area contributed by atoms with Crippen LogP contribution in [0.3, 0.4) is 0 Å². The molecular weight excluding hydrogens is 448 g/mol. The van der Waals surface area contributed by atoms with Gasteiger partial charge in [0.2, 0.25) is 0 Å². The fourth-order valence-corrected chi connectivity index (χ4v) is 7.91. The molecule has 0 aromatic heterocycles. The Bertz CT molecular complexity index is 635. The van der Waals surface area contributed by atoms with Crippen molar-refractivity contribution in [3.8, 4) is 0 Å². The Morgan fingerprint density at radius 1 is 1.07 bits per heavy atom. The van der Waals surface area contributed by atoms with E-state index in [2.05, 4.69) is 20.8 Å². The van der Waals surface area contributed by atoms with Crippen molar-refractivity contribution in [2.75, 3.05) is 0 Å². The van der Waals surface area contributed by atoms with Gasteiger partial charge >= 0.3 is 23.1 Å². The number of halogens is 1. The molecule has 7 atom stereocenters. The van der Waals surface area contributed by atoms with Gasteiger partial charge in [0.25, 0.3) is 0 Å². The van der Waals surface area contributed by atoms with Gasteiger partial charge in [-0.25, -0.2) is 0 Å². The third-order valence-electron chi connectivity index (χ3n) is 9.66. The van der Waals surface area contributed by atoms with E-state index in [1.54, 1.807) is 0 Å². The Kier molecular flexibility index (Phi) is 9.58. The first-order chi connectivity index (χ1) is 13.4. The van der Waals surface area contributed by atoms with Gasteiger partial charge in [0, 0.05) is 6.42 Å². The Hall–Kier alpha value is 0.616. The third kappa shape index (κ3) is 4.64. The SMILES string of the molecule is [Br-].[CH2-]CCCCCC[C@@H]1CC2=CC(=O)CC[C@]2(C)[C@H]2CC[C@]3(C)[C@@H](O)CC[C@H]3[C@H]12.[Mg+2]. The molecule has 0 radical (unpaired) electrons. The van der Waals surface area contributed by atoms with Crippen LogP contribution in [0.2, 0.25) is 0 Å². The van der Waals surface area contributed by atoms with Crippen molar-refractivity contribution in [1.82, 2.24) is 0 Å². The normalized spacial score (nSPS) is 42.2. The van der Waals surface area contributed by atoms with E-state index in [0.29, 0.717) is 23.5 Å². The van der Waals surface area contributed by atoms with Crippen LogP contribution in [0, 0.1) is 41.4 Å². The predicted octanol–water partition coefficient (Wildman–Crippen LogP) is 2.90. The summed E-state index contributed by atoms with van der Waals surface area (Å²) in [6, 6.07) is 0. The van der Waals surface area contributed by atoms with Gasteiger partial charge in [-0.3, -0.25) is 4.79 Å². The fraction of sp³-hybridized carbons (Fsp3) is 0.846. The number of aliphatic hydroxyl groups excluding tert-OH is 1. The van der Waals surface area contributed by atoms with Crippen molar-refractivity contribution < 1.29 is 26.9 Å². The van der Waals surface area contributed by atoms with Gasteiger partial charge in [0.15, 0.2) is 5.78 Å². The standard InChI is InChI=1S/C26H41O2.BrH.Mg/c1-4-5-6-7-8-9-18-16-19-17-20(27)12-14-25(19,2)22-13-15-26(3)21(24(18)22)10-11-23(26)28;;/h17-18,21-24,28H,1,4-16H2,2-3H3;1H;/q-1;;+2/p-1/t18-,21+,22+,23+,24+,25+,26+;;/m1../s1. The number of ketones is 1. The molecule has 4 heteroatoms. The minimum Gasteiger partial charge on any atom is -1.00 e. The molecule has 0 aromatic carbocycles. The largest absolute Gasteiger partial charge is 2.00 e. The third-order valence-corrected chi connectivity index (χ3v) is 9.66. The average Bonchev–Trinajstić information content (AvgIpc) is 2.97. The summed E-state index contributed by atoms with van der Waals surface area (Å²) in [6.45, 7) is 8.83. The van der Waals surface area contributed by atoms with Crippen molar-refractivity contribution >= 4 is 28.8 Å². The van der Waals surface area contributed by atoms with E-state index in [-0.39, 0.29) is 57.0 Å². The molecule has 0 aromatic rings. The fourth-order valence-electron chi connectivity index (χ4n) is 7.91. The number of aliphatic hydroxyl groups is 1. The zero-order valence-electron chi connectivity index (χ0n) is 19.3. The van der Waals surface area contributed by atoms with Gasteiger partial charge in [-0.1, -0.05) is 45.1 Å². The van der Waals surface area contributed by atoms with Crippen LogP contribution in [0.1, 0.15) is 97.3 Å². The first kappa shape index (κ1) is 26.9. The van der Waals surface area contributed by atoms with E-state index in [1.165, 1.54) is 56.9 Å². The van der Waals surface area contributed by atoms with Crippen LogP contribution >= 0.6 is 0 Å². The molecule has 0 unspecified atom stereocenters. The van der Waals surface area contributed by atoms with Gasteiger partial charge in [-0.15, -0.1) is 0 Å². The van der Waals surface area contributed by atoms with Crippen LogP contribution in [-0.4, -0.2) is 40.0 Å². The second kappa shape index (κ2) is 10.7. The summed E-state index contributed by atoms with van der Waals surface area (Å²) >= 11 is 0. The minimum atomic E-state index is -0.103. The quantitative estimate of drug-likeness (QED) is 0.354. The minimum absolute atomic E-state index is 0. The zero-order chi connectivity index (χ0) is 19.9. The molecule has 3 fully saturated rings. The van der Waals surface area contributed by atoms with Crippen LogP contribution in [0.15, 0.2) is 11.6 Å². The van der Waals surface area contributed by atoms with Gasteiger partial charge < -0.3 is 29.0 Å². The molecule has 3 saturated carbocycles. The van der Waals surface area contributed by atoms with Crippen LogP contribution in [-0.2, 0) is 4.79 Å². The van der Waals surface area contributed by atoms with E-state index >= 15 is 0 Å². The van der Waals surface area contributed by atoms with E-state index in [9.17, 15) is 9.90 Å². The van der Waals surface area contributed by atoms with Crippen molar-refractivity contribution in [2.24, 2.45) is 34.5 Å². The molecule has 0 spiro atoms. The molecule has 0 saturated heterocycles. The van der Waals surface area contributed by atoms with E-state index < -0.39 is 0 Å². The van der Waals surface area contributed by atoms with E-state index in [1.807, 2.05) is 6.08 Å². The molecule has 4 rings (SSSR count). The number of hydrogen-bond acceptors (Lipinski definition) is 2. The molecule has 0 amide bonds. The summed E-state index contributed by atoms with van der Waals surface area (Å²) in [6.07, 6.45) is 17.1. The smallest absolute Gasteiger partial charge is 1.00 e. The van der Waals surface area contributed by atoms with Crippen LogP contribution in [0.4, 0.5) is 0 Å². The average molecular weight is 490 g/mol. The van der Waals surface area contributed by atoms with E-state index in [0.717, 1.165) is 38.0 Å². The van der Waals surface area contributed by atoms with Crippen molar-refractivity contribution in [3.05, 3.63) is 18.6 Å². The van der Waals surface area contributed by atoms with Gasteiger partial charge in [0.05, 0.1) is 6.10 Å². The molecule has 4 aliphatic carbocycles. The van der Waals surface area contributed by atoms with Crippen LogP contribution in [0.25, 0.3) is 0 Å². The number of rotatable bonds is 6. The van der Waals surface area contributed by atoms with Gasteiger partial charge in [-0.05, 0) is 85.5 Å². The summed E-state index contributed by atoms with van der Waals surface area (Å²) in [5.74, 6) is 3.22. The first-order valence-corrected chi connectivity index (χ1v) is 12.1. The van der Waals surface area contributed by atoms with Crippen molar-refractivity contribution in [1.29, 1.82) is 0 Å².